The normalized spacial score (nSPS) is 14.6. The lowest BCUT2D eigenvalue weighted by Crippen LogP contribution is -2.38. The Bertz CT molecular complexity index is 1070. The number of hydrogen-bond donors (Lipinski definition) is 2. The maximum atomic E-state index is 12.7. The summed E-state index contributed by atoms with van der Waals surface area (Å²) in [5, 5.41) is 5.46. The van der Waals surface area contributed by atoms with Crippen LogP contribution in [0.1, 0.15) is 18.1 Å². The minimum Gasteiger partial charge on any atom is -0.491 e. The van der Waals surface area contributed by atoms with Gasteiger partial charge in [-0.1, -0.05) is 23.7 Å². The smallest absolute Gasteiger partial charge is 0.329 e. The summed E-state index contributed by atoms with van der Waals surface area (Å²) in [6, 6.07) is 9.77. The summed E-state index contributed by atoms with van der Waals surface area (Å²) in [4.78, 5) is 38.1. The van der Waals surface area contributed by atoms with Crippen molar-refractivity contribution in [2.45, 2.75) is 13.8 Å². The van der Waals surface area contributed by atoms with Crippen LogP contribution in [0.2, 0.25) is 5.02 Å². The van der Waals surface area contributed by atoms with Crippen molar-refractivity contribution in [2.24, 2.45) is 0 Å². The second-order valence-electron chi connectivity index (χ2n) is 6.76. The Balaban J connectivity index is 1.76. The number of carbonyl (C=O) groups excluding carboxylic acids is 3. The number of urea groups is 1. The Morgan fingerprint density at radius 3 is 2.71 bits per heavy atom. The van der Waals surface area contributed by atoms with Gasteiger partial charge in [-0.05, 0) is 55.3 Å². The number of nitrogens with one attached hydrogen (secondary N) is 2. The Labute approximate surface area is 184 Å². The molecule has 1 aliphatic heterocycles. The molecule has 8 nitrogen and oxygen atoms in total. The maximum absolute atomic E-state index is 12.7. The van der Waals surface area contributed by atoms with E-state index in [0.717, 1.165) is 10.5 Å². The average Bonchev–Trinajstić information content (AvgIpc) is 2.95. The van der Waals surface area contributed by atoms with Crippen LogP contribution in [0.3, 0.4) is 0 Å². The predicted octanol–water partition coefficient (Wildman–Crippen LogP) is 3.59. The van der Waals surface area contributed by atoms with Crippen molar-refractivity contribution in [1.29, 1.82) is 0 Å². The Hall–Kier alpha value is -3.52. The van der Waals surface area contributed by atoms with E-state index < -0.39 is 24.4 Å². The topological polar surface area (TPSA) is 97.0 Å². The average molecular weight is 444 g/mol. The molecule has 2 aromatic rings. The molecule has 0 saturated carbocycles. The van der Waals surface area contributed by atoms with E-state index in [1.807, 2.05) is 19.9 Å². The number of nitrogens with zero attached hydrogens (tertiary/aromatic N) is 1. The van der Waals surface area contributed by atoms with Crippen molar-refractivity contribution in [3.05, 3.63) is 58.2 Å². The van der Waals surface area contributed by atoms with Gasteiger partial charge in [0.1, 0.15) is 12.2 Å². The first-order valence-corrected chi connectivity index (χ1v) is 9.91. The minimum absolute atomic E-state index is 0.0250. The lowest BCUT2D eigenvalue weighted by Gasteiger charge is -2.12. The van der Waals surface area contributed by atoms with Crippen LogP contribution in [-0.4, -0.2) is 43.0 Å². The standard InChI is InChI=1S/C22H22ClN3O5/c1-4-31-18-11-14(9-16(23)20(18)30-3)10-17-21(28)26(22(29)25-17)12-19(27)24-15-7-5-6-13(2)8-15/h5-11H,4,12H2,1-3H3,(H,24,27)(H,25,29)/b17-10+. The summed E-state index contributed by atoms with van der Waals surface area (Å²) in [5.41, 5.74) is 2.12. The van der Waals surface area contributed by atoms with Crippen LogP contribution < -0.4 is 20.1 Å². The number of methoxy groups -OCH3 is 1. The zero-order chi connectivity index (χ0) is 22.5. The van der Waals surface area contributed by atoms with Crippen molar-refractivity contribution >= 4 is 41.2 Å². The van der Waals surface area contributed by atoms with Crippen molar-refractivity contribution in [2.75, 3.05) is 25.6 Å². The van der Waals surface area contributed by atoms with E-state index in [1.54, 1.807) is 30.3 Å². The summed E-state index contributed by atoms with van der Waals surface area (Å²) in [6.07, 6.45) is 1.46. The zero-order valence-electron chi connectivity index (χ0n) is 17.3. The van der Waals surface area contributed by atoms with Gasteiger partial charge in [0.15, 0.2) is 11.5 Å². The van der Waals surface area contributed by atoms with E-state index in [-0.39, 0.29) is 5.70 Å². The highest BCUT2D eigenvalue weighted by Gasteiger charge is 2.35. The van der Waals surface area contributed by atoms with Gasteiger partial charge in [0.2, 0.25) is 5.91 Å². The Kier molecular flexibility index (Phi) is 6.81. The molecule has 0 aromatic heterocycles. The number of benzene rings is 2. The van der Waals surface area contributed by atoms with Gasteiger partial charge in [0.25, 0.3) is 5.91 Å². The van der Waals surface area contributed by atoms with Gasteiger partial charge in [-0.3, -0.25) is 9.59 Å². The fourth-order valence-corrected chi connectivity index (χ4v) is 3.38. The molecule has 1 fully saturated rings. The molecule has 0 atom stereocenters. The SMILES string of the molecule is CCOc1cc(/C=C2/NC(=O)N(CC(=O)Nc3cccc(C)c3)C2=O)cc(Cl)c1OC. The quantitative estimate of drug-likeness (QED) is 0.503. The number of amides is 4. The van der Waals surface area contributed by atoms with Gasteiger partial charge >= 0.3 is 6.03 Å². The van der Waals surface area contributed by atoms with Gasteiger partial charge in [-0.25, -0.2) is 9.69 Å². The number of rotatable bonds is 7. The minimum atomic E-state index is -0.680. The van der Waals surface area contributed by atoms with Crippen LogP contribution in [0.25, 0.3) is 6.08 Å². The van der Waals surface area contributed by atoms with Crippen molar-refractivity contribution in [1.82, 2.24) is 10.2 Å². The molecular weight excluding hydrogens is 422 g/mol. The molecule has 2 N–H and O–H groups in total. The summed E-state index contributed by atoms with van der Waals surface area (Å²) in [6.45, 7) is 3.70. The van der Waals surface area contributed by atoms with E-state index in [2.05, 4.69) is 10.6 Å². The third-order valence-corrected chi connectivity index (χ3v) is 4.69. The number of ether oxygens (including phenoxy) is 2. The first-order valence-electron chi connectivity index (χ1n) is 9.53. The summed E-state index contributed by atoms with van der Waals surface area (Å²) >= 11 is 6.24. The molecular formula is C22H22ClN3O5. The van der Waals surface area contributed by atoms with Gasteiger partial charge in [0, 0.05) is 5.69 Å². The molecule has 0 radical (unpaired) electrons. The van der Waals surface area contributed by atoms with Crippen LogP contribution in [0.4, 0.5) is 10.5 Å². The summed E-state index contributed by atoms with van der Waals surface area (Å²) in [7, 11) is 1.47. The van der Waals surface area contributed by atoms with Gasteiger partial charge in [-0.2, -0.15) is 0 Å². The molecule has 2 aromatic carbocycles. The number of aryl methyl sites for hydroxylation is 1. The van der Waals surface area contributed by atoms with E-state index in [4.69, 9.17) is 21.1 Å². The van der Waals surface area contributed by atoms with E-state index in [9.17, 15) is 14.4 Å². The fourth-order valence-electron chi connectivity index (χ4n) is 3.08. The number of carbonyl (C=O) groups is 3. The van der Waals surface area contributed by atoms with Crippen LogP contribution in [0.15, 0.2) is 42.1 Å². The third-order valence-electron chi connectivity index (χ3n) is 4.41. The fraction of sp³-hybridized carbons (Fsp3) is 0.227. The largest absolute Gasteiger partial charge is 0.491 e. The van der Waals surface area contributed by atoms with Crippen molar-refractivity contribution in [3.8, 4) is 11.5 Å². The van der Waals surface area contributed by atoms with Gasteiger partial charge in [-0.15, -0.1) is 0 Å². The van der Waals surface area contributed by atoms with E-state index in [0.29, 0.717) is 34.4 Å². The maximum Gasteiger partial charge on any atom is 0.329 e. The molecule has 4 amide bonds. The first-order chi connectivity index (χ1) is 14.8. The van der Waals surface area contributed by atoms with E-state index in [1.165, 1.54) is 13.2 Å². The van der Waals surface area contributed by atoms with Crippen LogP contribution in [-0.2, 0) is 9.59 Å². The molecule has 0 aliphatic carbocycles. The monoisotopic (exact) mass is 443 g/mol. The highest BCUT2D eigenvalue weighted by Crippen LogP contribution is 2.37. The highest BCUT2D eigenvalue weighted by atomic mass is 35.5. The second-order valence-corrected chi connectivity index (χ2v) is 7.17. The van der Waals surface area contributed by atoms with Gasteiger partial charge in [0.05, 0.1) is 18.7 Å². The van der Waals surface area contributed by atoms with E-state index >= 15 is 0 Å². The van der Waals surface area contributed by atoms with Crippen LogP contribution in [0, 0.1) is 6.92 Å². The van der Waals surface area contributed by atoms with Crippen LogP contribution in [0.5, 0.6) is 11.5 Å². The molecule has 1 aliphatic rings. The number of hydrogen-bond acceptors (Lipinski definition) is 5. The zero-order valence-corrected chi connectivity index (χ0v) is 18.1. The Morgan fingerprint density at radius 1 is 1.26 bits per heavy atom. The molecule has 31 heavy (non-hydrogen) atoms. The molecule has 1 heterocycles. The van der Waals surface area contributed by atoms with Gasteiger partial charge < -0.3 is 20.1 Å². The van der Waals surface area contributed by atoms with Crippen molar-refractivity contribution in [3.63, 3.8) is 0 Å². The molecule has 9 heteroatoms. The molecule has 3 rings (SSSR count). The molecule has 0 bridgehead atoms. The lowest BCUT2D eigenvalue weighted by molar-refractivity contribution is -0.127. The predicted molar refractivity (Wildman–Crippen MR) is 117 cm³/mol. The number of imide groups is 1. The summed E-state index contributed by atoms with van der Waals surface area (Å²) in [5.74, 6) is -0.312. The first kappa shape index (κ1) is 22.2. The number of anilines is 1. The van der Waals surface area contributed by atoms with Crippen LogP contribution >= 0.6 is 11.6 Å². The second kappa shape index (κ2) is 9.53. The summed E-state index contributed by atoms with van der Waals surface area (Å²) < 4.78 is 10.8. The molecule has 162 valence electrons. The highest BCUT2D eigenvalue weighted by molar-refractivity contribution is 6.32. The molecule has 1 saturated heterocycles. The molecule has 0 unspecified atom stereocenters. The molecule has 0 spiro atoms. The Morgan fingerprint density at radius 2 is 2.03 bits per heavy atom. The third kappa shape index (κ3) is 5.16. The number of halogens is 1. The van der Waals surface area contributed by atoms with Crippen molar-refractivity contribution < 1.29 is 23.9 Å². The lowest BCUT2D eigenvalue weighted by atomic mass is 10.1.